The standard InChI is InChI=1S/C13H14ClN5O/c1-3-20-12-11(8(2)16-13(15)17-12)19-18-10-6-4-5-9(14)7-10/h4-7H,3H2,1-2H3,(H2,15,16,17). The molecule has 0 amide bonds. The van der Waals surface area contributed by atoms with Crippen LogP contribution in [0, 0.1) is 6.92 Å². The van der Waals surface area contributed by atoms with E-state index in [0.717, 1.165) is 0 Å². The molecule has 1 aromatic heterocycles. The quantitative estimate of drug-likeness (QED) is 0.867. The molecule has 0 unspecified atom stereocenters. The van der Waals surface area contributed by atoms with E-state index in [1.807, 2.05) is 6.92 Å². The predicted octanol–water partition coefficient (Wildman–Crippen LogP) is 3.83. The van der Waals surface area contributed by atoms with Gasteiger partial charge in [-0.25, -0.2) is 4.98 Å². The number of nitrogen functional groups attached to an aromatic ring is 1. The van der Waals surface area contributed by atoms with E-state index in [4.69, 9.17) is 22.1 Å². The van der Waals surface area contributed by atoms with Crippen LogP contribution in [-0.4, -0.2) is 16.6 Å². The lowest BCUT2D eigenvalue weighted by atomic mass is 10.3. The van der Waals surface area contributed by atoms with Gasteiger partial charge in [-0.2, -0.15) is 10.1 Å². The summed E-state index contributed by atoms with van der Waals surface area (Å²) in [6, 6.07) is 7.07. The van der Waals surface area contributed by atoms with Crippen LogP contribution in [0.3, 0.4) is 0 Å². The van der Waals surface area contributed by atoms with Crippen LogP contribution in [0.4, 0.5) is 17.3 Å². The maximum atomic E-state index is 5.89. The molecule has 0 saturated carbocycles. The lowest BCUT2D eigenvalue weighted by Gasteiger charge is -2.07. The number of nitrogens with two attached hydrogens (primary N) is 1. The van der Waals surface area contributed by atoms with Gasteiger partial charge >= 0.3 is 0 Å². The van der Waals surface area contributed by atoms with Crippen LogP contribution in [0.25, 0.3) is 0 Å². The Kier molecular flexibility index (Phi) is 4.47. The zero-order valence-electron chi connectivity index (χ0n) is 11.2. The Balaban J connectivity index is 2.37. The molecule has 2 rings (SSSR count). The summed E-state index contributed by atoms with van der Waals surface area (Å²) >= 11 is 5.89. The summed E-state index contributed by atoms with van der Waals surface area (Å²) in [5, 5.41) is 8.84. The van der Waals surface area contributed by atoms with Crippen molar-refractivity contribution in [2.24, 2.45) is 10.2 Å². The number of benzene rings is 1. The van der Waals surface area contributed by atoms with Crippen molar-refractivity contribution >= 4 is 28.9 Å². The number of hydrogen-bond donors (Lipinski definition) is 1. The van der Waals surface area contributed by atoms with Crippen molar-refractivity contribution in [2.75, 3.05) is 12.3 Å². The number of rotatable bonds is 4. The van der Waals surface area contributed by atoms with Crippen LogP contribution >= 0.6 is 11.6 Å². The molecular formula is C13H14ClN5O. The maximum absolute atomic E-state index is 5.89. The molecule has 20 heavy (non-hydrogen) atoms. The largest absolute Gasteiger partial charge is 0.476 e. The summed E-state index contributed by atoms with van der Waals surface area (Å²) in [5.41, 5.74) is 7.29. The first kappa shape index (κ1) is 14.2. The Bertz CT molecular complexity index is 645. The molecule has 1 heterocycles. The zero-order valence-corrected chi connectivity index (χ0v) is 11.9. The van der Waals surface area contributed by atoms with Crippen LogP contribution in [0.1, 0.15) is 12.6 Å². The number of halogens is 1. The second-order valence-corrected chi connectivity index (χ2v) is 4.37. The number of ether oxygens (including phenoxy) is 1. The third-order valence-corrected chi connectivity index (χ3v) is 2.63. The number of aryl methyl sites for hydroxylation is 1. The summed E-state index contributed by atoms with van der Waals surface area (Å²) in [6.07, 6.45) is 0. The van der Waals surface area contributed by atoms with Gasteiger partial charge in [0, 0.05) is 5.02 Å². The van der Waals surface area contributed by atoms with Gasteiger partial charge in [-0.15, -0.1) is 5.11 Å². The first-order valence-corrected chi connectivity index (χ1v) is 6.42. The number of nitrogens with zero attached hydrogens (tertiary/aromatic N) is 4. The highest BCUT2D eigenvalue weighted by Crippen LogP contribution is 2.31. The Labute approximate surface area is 121 Å². The second kappa shape index (κ2) is 6.29. The fourth-order valence-electron chi connectivity index (χ4n) is 1.56. The SMILES string of the molecule is CCOc1nc(N)nc(C)c1N=Nc1cccc(Cl)c1. The molecule has 0 bridgehead atoms. The highest BCUT2D eigenvalue weighted by Gasteiger charge is 2.11. The van der Waals surface area contributed by atoms with Gasteiger partial charge in [-0.1, -0.05) is 17.7 Å². The molecule has 0 fully saturated rings. The fraction of sp³-hybridized carbons (Fsp3) is 0.231. The van der Waals surface area contributed by atoms with E-state index >= 15 is 0 Å². The van der Waals surface area contributed by atoms with Crippen LogP contribution in [0.15, 0.2) is 34.5 Å². The summed E-state index contributed by atoms with van der Waals surface area (Å²) in [6.45, 7) is 4.08. The van der Waals surface area contributed by atoms with Crippen molar-refractivity contribution in [1.29, 1.82) is 0 Å². The highest BCUT2D eigenvalue weighted by atomic mass is 35.5. The highest BCUT2D eigenvalue weighted by molar-refractivity contribution is 6.30. The van der Waals surface area contributed by atoms with Crippen LogP contribution in [0.2, 0.25) is 5.02 Å². The normalized spacial score (nSPS) is 10.9. The van der Waals surface area contributed by atoms with E-state index in [9.17, 15) is 0 Å². The van der Waals surface area contributed by atoms with Gasteiger partial charge in [0.2, 0.25) is 11.8 Å². The zero-order chi connectivity index (χ0) is 14.5. The lowest BCUT2D eigenvalue weighted by Crippen LogP contribution is -2.02. The average Bonchev–Trinajstić information content (AvgIpc) is 2.38. The van der Waals surface area contributed by atoms with Crippen molar-refractivity contribution in [1.82, 2.24) is 9.97 Å². The summed E-state index contributed by atoms with van der Waals surface area (Å²) in [5.74, 6) is 0.468. The van der Waals surface area contributed by atoms with Crippen molar-refractivity contribution < 1.29 is 4.74 Å². The molecule has 0 aliphatic carbocycles. The molecule has 104 valence electrons. The van der Waals surface area contributed by atoms with Crippen molar-refractivity contribution in [3.63, 3.8) is 0 Å². The van der Waals surface area contributed by atoms with E-state index in [2.05, 4.69) is 20.2 Å². The van der Waals surface area contributed by atoms with Gasteiger partial charge in [0.15, 0.2) is 5.69 Å². The summed E-state index contributed by atoms with van der Waals surface area (Å²) < 4.78 is 5.40. The lowest BCUT2D eigenvalue weighted by molar-refractivity contribution is 0.327. The molecule has 1 aromatic carbocycles. The molecule has 2 aromatic rings. The van der Waals surface area contributed by atoms with E-state index in [1.54, 1.807) is 31.2 Å². The molecule has 0 aliphatic heterocycles. The summed E-state index contributed by atoms with van der Waals surface area (Å²) in [7, 11) is 0. The Morgan fingerprint density at radius 1 is 1.30 bits per heavy atom. The number of anilines is 1. The number of azo groups is 1. The minimum Gasteiger partial charge on any atom is -0.476 e. The van der Waals surface area contributed by atoms with Crippen molar-refractivity contribution in [3.8, 4) is 5.88 Å². The van der Waals surface area contributed by atoms with Crippen molar-refractivity contribution in [3.05, 3.63) is 35.0 Å². The molecule has 2 N–H and O–H groups in total. The smallest absolute Gasteiger partial charge is 0.247 e. The van der Waals surface area contributed by atoms with E-state index < -0.39 is 0 Å². The molecule has 0 saturated heterocycles. The van der Waals surface area contributed by atoms with Gasteiger partial charge in [0.25, 0.3) is 0 Å². The van der Waals surface area contributed by atoms with Crippen LogP contribution < -0.4 is 10.5 Å². The minimum absolute atomic E-state index is 0.146. The number of hydrogen-bond acceptors (Lipinski definition) is 6. The Morgan fingerprint density at radius 3 is 2.80 bits per heavy atom. The first-order chi connectivity index (χ1) is 9.60. The molecule has 0 spiro atoms. The van der Waals surface area contributed by atoms with Crippen LogP contribution in [0.5, 0.6) is 5.88 Å². The summed E-state index contributed by atoms with van der Waals surface area (Å²) in [4.78, 5) is 8.07. The van der Waals surface area contributed by atoms with Gasteiger partial charge < -0.3 is 10.5 Å². The topological polar surface area (TPSA) is 85.8 Å². The average molecular weight is 292 g/mol. The van der Waals surface area contributed by atoms with E-state index in [0.29, 0.717) is 34.6 Å². The molecule has 0 aliphatic rings. The van der Waals surface area contributed by atoms with Gasteiger partial charge in [-0.3, -0.25) is 0 Å². The molecule has 0 atom stereocenters. The van der Waals surface area contributed by atoms with Gasteiger partial charge in [0.05, 0.1) is 18.0 Å². The predicted molar refractivity (Wildman–Crippen MR) is 78.0 cm³/mol. The molecule has 6 nitrogen and oxygen atoms in total. The minimum atomic E-state index is 0.146. The fourth-order valence-corrected chi connectivity index (χ4v) is 1.74. The molecular weight excluding hydrogens is 278 g/mol. The Hall–Kier alpha value is -2.21. The van der Waals surface area contributed by atoms with E-state index in [1.165, 1.54) is 0 Å². The second-order valence-electron chi connectivity index (χ2n) is 3.93. The van der Waals surface area contributed by atoms with E-state index in [-0.39, 0.29) is 5.95 Å². The van der Waals surface area contributed by atoms with Gasteiger partial charge in [-0.05, 0) is 32.0 Å². The molecule has 0 radical (unpaired) electrons. The third-order valence-electron chi connectivity index (χ3n) is 2.40. The van der Waals surface area contributed by atoms with Crippen molar-refractivity contribution in [2.45, 2.75) is 13.8 Å². The maximum Gasteiger partial charge on any atom is 0.247 e. The monoisotopic (exact) mass is 291 g/mol. The Morgan fingerprint density at radius 2 is 2.10 bits per heavy atom. The third kappa shape index (κ3) is 3.42. The van der Waals surface area contributed by atoms with Gasteiger partial charge in [0.1, 0.15) is 0 Å². The van der Waals surface area contributed by atoms with Crippen LogP contribution in [-0.2, 0) is 0 Å². The molecule has 7 heteroatoms. The number of aromatic nitrogens is 2. The first-order valence-electron chi connectivity index (χ1n) is 6.04.